The summed E-state index contributed by atoms with van der Waals surface area (Å²) >= 11 is 0. The first kappa shape index (κ1) is 8.75. The number of terminal acetylenes is 2. The Morgan fingerprint density at radius 2 is 2.30 bits per heavy atom. The molecule has 0 amide bonds. The molecule has 1 atom stereocenters. The van der Waals surface area contributed by atoms with Crippen LogP contribution in [-0.4, -0.2) is 11.2 Å². The van der Waals surface area contributed by atoms with Crippen LogP contribution in [0.3, 0.4) is 0 Å². The smallest absolute Gasteiger partial charge is 0.165 e. The summed E-state index contributed by atoms with van der Waals surface area (Å²) in [5.74, 6) is 3.24. The Morgan fingerprint density at radius 3 is 2.70 bits per heavy atom. The molecule has 52 valence electrons. The molecule has 10 heavy (non-hydrogen) atoms. The molecule has 0 aromatic carbocycles. The van der Waals surface area contributed by atoms with E-state index >= 15 is 0 Å². The van der Waals surface area contributed by atoms with Crippen LogP contribution in [0.4, 0.5) is 4.39 Å². The molecule has 0 aromatic rings. The van der Waals surface area contributed by atoms with E-state index in [1.54, 1.807) is 0 Å². The number of hydrogen-bond acceptors (Lipinski definition) is 1. The standard InChI is InChI=1S/C8H7FO/c1-3-5-6-7(9)8(10)4-2/h1-2,6,8,10H,5H2. The lowest BCUT2D eigenvalue weighted by molar-refractivity contribution is 0.236. The Morgan fingerprint density at radius 1 is 1.70 bits per heavy atom. The summed E-state index contributed by atoms with van der Waals surface area (Å²) < 4.78 is 12.4. The van der Waals surface area contributed by atoms with E-state index in [4.69, 9.17) is 18.0 Å². The van der Waals surface area contributed by atoms with Gasteiger partial charge in [-0.1, -0.05) is 5.92 Å². The minimum atomic E-state index is -1.45. The predicted octanol–water partition coefficient (Wildman–Crippen LogP) is 0.857. The van der Waals surface area contributed by atoms with E-state index in [-0.39, 0.29) is 6.42 Å². The van der Waals surface area contributed by atoms with Gasteiger partial charge in [-0.2, -0.15) is 0 Å². The Balaban J connectivity index is 3.98. The van der Waals surface area contributed by atoms with Crippen LogP contribution in [0, 0.1) is 24.7 Å². The van der Waals surface area contributed by atoms with Crippen molar-refractivity contribution in [3.05, 3.63) is 11.9 Å². The van der Waals surface area contributed by atoms with Crippen molar-refractivity contribution >= 4 is 0 Å². The van der Waals surface area contributed by atoms with Crippen molar-refractivity contribution in [1.29, 1.82) is 0 Å². The highest BCUT2D eigenvalue weighted by Crippen LogP contribution is 2.03. The van der Waals surface area contributed by atoms with Crippen LogP contribution in [-0.2, 0) is 0 Å². The van der Waals surface area contributed by atoms with Crippen molar-refractivity contribution in [3.63, 3.8) is 0 Å². The molecule has 0 saturated heterocycles. The summed E-state index contributed by atoms with van der Waals surface area (Å²) in [4.78, 5) is 0. The van der Waals surface area contributed by atoms with Gasteiger partial charge in [0, 0.05) is 6.42 Å². The molecule has 0 aromatic heterocycles. The van der Waals surface area contributed by atoms with E-state index in [0.29, 0.717) is 0 Å². The molecule has 0 aliphatic carbocycles. The van der Waals surface area contributed by atoms with E-state index < -0.39 is 11.9 Å². The van der Waals surface area contributed by atoms with Crippen molar-refractivity contribution in [2.75, 3.05) is 0 Å². The summed E-state index contributed by atoms with van der Waals surface area (Å²) in [5.41, 5.74) is 0. The Hall–Kier alpha value is -1.25. The van der Waals surface area contributed by atoms with Crippen molar-refractivity contribution in [3.8, 4) is 24.7 Å². The van der Waals surface area contributed by atoms with E-state index in [0.717, 1.165) is 6.08 Å². The third-order valence-corrected chi connectivity index (χ3v) is 0.834. The lowest BCUT2D eigenvalue weighted by Gasteiger charge is -1.96. The van der Waals surface area contributed by atoms with Gasteiger partial charge >= 0.3 is 0 Å². The van der Waals surface area contributed by atoms with E-state index in [1.807, 2.05) is 5.92 Å². The highest BCUT2D eigenvalue weighted by atomic mass is 19.1. The van der Waals surface area contributed by atoms with Crippen molar-refractivity contribution in [1.82, 2.24) is 0 Å². The fourth-order valence-electron chi connectivity index (χ4n) is 0.348. The maximum absolute atomic E-state index is 12.4. The average Bonchev–Trinajstić information content (AvgIpc) is 1.98. The third kappa shape index (κ3) is 2.91. The maximum atomic E-state index is 12.4. The first-order valence-corrected chi connectivity index (χ1v) is 2.65. The SMILES string of the molecule is C#CCC=C(F)C(O)C#C. The first-order chi connectivity index (χ1) is 4.72. The second kappa shape index (κ2) is 4.61. The van der Waals surface area contributed by atoms with Gasteiger partial charge in [-0.05, 0) is 6.08 Å². The van der Waals surface area contributed by atoms with Gasteiger partial charge < -0.3 is 5.11 Å². The van der Waals surface area contributed by atoms with Gasteiger partial charge in [0.25, 0.3) is 0 Å². The summed E-state index contributed by atoms with van der Waals surface area (Å²) in [6.45, 7) is 0. The van der Waals surface area contributed by atoms with E-state index in [2.05, 4.69) is 5.92 Å². The van der Waals surface area contributed by atoms with Crippen molar-refractivity contribution in [2.45, 2.75) is 12.5 Å². The Kier molecular flexibility index (Phi) is 4.04. The Labute approximate surface area is 59.6 Å². The molecule has 2 heteroatoms. The summed E-state index contributed by atoms with van der Waals surface area (Å²) in [7, 11) is 0. The fraction of sp³-hybridized carbons (Fsp3) is 0.250. The first-order valence-electron chi connectivity index (χ1n) is 2.65. The van der Waals surface area contributed by atoms with Crippen LogP contribution < -0.4 is 0 Å². The van der Waals surface area contributed by atoms with Gasteiger partial charge in [0.05, 0.1) is 0 Å². The highest BCUT2D eigenvalue weighted by Gasteiger charge is 2.03. The van der Waals surface area contributed by atoms with Gasteiger partial charge in [0.2, 0.25) is 0 Å². The van der Waals surface area contributed by atoms with Crippen LogP contribution >= 0.6 is 0 Å². The molecule has 0 heterocycles. The van der Waals surface area contributed by atoms with Gasteiger partial charge in [-0.15, -0.1) is 18.8 Å². The zero-order valence-electron chi connectivity index (χ0n) is 5.34. The molecule has 0 radical (unpaired) electrons. The zero-order chi connectivity index (χ0) is 7.98. The number of rotatable bonds is 2. The van der Waals surface area contributed by atoms with Gasteiger partial charge in [-0.3, -0.25) is 0 Å². The molecule has 0 aliphatic heterocycles. The molecule has 0 saturated carbocycles. The summed E-state index contributed by atoms with van der Waals surface area (Å²) in [6, 6.07) is 0. The molecular formula is C8H7FO. The normalized spacial score (nSPS) is 13.4. The Bertz CT molecular complexity index is 204. The molecule has 0 spiro atoms. The average molecular weight is 138 g/mol. The van der Waals surface area contributed by atoms with Crippen LogP contribution in [0.1, 0.15) is 6.42 Å². The molecule has 0 fully saturated rings. The lowest BCUT2D eigenvalue weighted by Crippen LogP contribution is -2.02. The van der Waals surface area contributed by atoms with Crippen LogP contribution in [0.5, 0.6) is 0 Å². The minimum absolute atomic E-state index is 0.143. The largest absolute Gasteiger partial charge is 0.374 e. The van der Waals surface area contributed by atoms with Gasteiger partial charge in [0.1, 0.15) is 5.83 Å². The van der Waals surface area contributed by atoms with Crippen molar-refractivity contribution < 1.29 is 9.50 Å². The predicted molar refractivity (Wildman–Crippen MR) is 37.5 cm³/mol. The second-order valence-corrected chi connectivity index (χ2v) is 1.57. The fourth-order valence-corrected chi connectivity index (χ4v) is 0.348. The molecular weight excluding hydrogens is 131 g/mol. The second-order valence-electron chi connectivity index (χ2n) is 1.57. The molecule has 1 nitrogen and oxygen atoms in total. The summed E-state index contributed by atoms with van der Waals surface area (Å²) in [6.07, 6.45) is 9.30. The highest BCUT2D eigenvalue weighted by molar-refractivity contribution is 5.14. The molecule has 0 aliphatic rings. The third-order valence-electron chi connectivity index (χ3n) is 0.834. The summed E-state index contributed by atoms with van der Waals surface area (Å²) in [5, 5.41) is 8.61. The molecule has 1 N–H and O–H groups in total. The maximum Gasteiger partial charge on any atom is 0.165 e. The van der Waals surface area contributed by atoms with Gasteiger partial charge in [0.15, 0.2) is 6.10 Å². The topological polar surface area (TPSA) is 20.2 Å². The monoisotopic (exact) mass is 138 g/mol. The molecule has 0 rings (SSSR count). The minimum Gasteiger partial charge on any atom is -0.374 e. The molecule has 0 bridgehead atoms. The lowest BCUT2D eigenvalue weighted by atomic mass is 10.3. The van der Waals surface area contributed by atoms with Crippen molar-refractivity contribution in [2.24, 2.45) is 0 Å². The van der Waals surface area contributed by atoms with E-state index in [9.17, 15) is 4.39 Å². The van der Waals surface area contributed by atoms with E-state index in [1.165, 1.54) is 0 Å². The molecule has 1 unspecified atom stereocenters. The van der Waals surface area contributed by atoms with Crippen LogP contribution in [0.15, 0.2) is 11.9 Å². The zero-order valence-corrected chi connectivity index (χ0v) is 5.34. The number of hydrogen-bond donors (Lipinski definition) is 1. The van der Waals surface area contributed by atoms with Crippen LogP contribution in [0.2, 0.25) is 0 Å². The quantitative estimate of drug-likeness (QED) is 0.561. The number of allylic oxidation sites excluding steroid dienone is 1. The van der Waals surface area contributed by atoms with Gasteiger partial charge in [-0.25, -0.2) is 4.39 Å². The number of aliphatic hydroxyl groups is 1. The number of halogens is 1. The number of aliphatic hydroxyl groups excluding tert-OH is 1. The van der Waals surface area contributed by atoms with Crippen LogP contribution in [0.25, 0.3) is 0 Å².